The number of rotatable bonds is 7. The van der Waals surface area contributed by atoms with Gasteiger partial charge in [-0.15, -0.1) is 0 Å². The Labute approximate surface area is 195 Å². The van der Waals surface area contributed by atoms with Crippen molar-refractivity contribution in [2.45, 2.75) is 52.5 Å². The minimum atomic E-state index is -0.0366. The molecule has 0 spiro atoms. The molecule has 0 saturated carbocycles. The Morgan fingerprint density at radius 2 is 1.79 bits per heavy atom. The zero-order chi connectivity index (χ0) is 23.4. The number of aryl methyl sites for hydroxylation is 2. The van der Waals surface area contributed by atoms with Crippen LogP contribution in [-0.2, 0) is 17.6 Å². The van der Waals surface area contributed by atoms with Crippen LogP contribution in [-0.4, -0.2) is 41.1 Å². The number of ether oxygens (including phenoxy) is 1. The summed E-state index contributed by atoms with van der Waals surface area (Å²) in [5, 5.41) is 3.18. The third kappa shape index (κ3) is 5.07. The number of fused-ring (bicyclic) bond motifs is 1. The van der Waals surface area contributed by atoms with Crippen molar-refractivity contribution in [2.24, 2.45) is 5.92 Å². The zero-order valence-electron chi connectivity index (χ0n) is 20.0. The van der Waals surface area contributed by atoms with Crippen molar-refractivity contribution in [3.8, 4) is 5.75 Å². The summed E-state index contributed by atoms with van der Waals surface area (Å²) in [4.78, 5) is 29.2. The van der Waals surface area contributed by atoms with E-state index in [1.165, 1.54) is 0 Å². The number of pyridine rings is 1. The Morgan fingerprint density at radius 3 is 2.42 bits per heavy atom. The number of nitrogens with one attached hydrogen (secondary N) is 1. The molecule has 0 bridgehead atoms. The normalized spacial score (nSPS) is 15.5. The summed E-state index contributed by atoms with van der Waals surface area (Å²) in [5.41, 5.74) is 5.74. The fourth-order valence-electron chi connectivity index (χ4n) is 4.45. The number of carbonyl (C=O) groups is 1. The van der Waals surface area contributed by atoms with E-state index in [9.17, 15) is 4.79 Å². The van der Waals surface area contributed by atoms with E-state index in [0.29, 0.717) is 5.65 Å². The van der Waals surface area contributed by atoms with Crippen LogP contribution in [0.2, 0.25) is 0 Å². The highest BCUT2D eigenvalue weighted by Gasteiger charge is 2.26. The van der Waals surface area contributed by atoms with Gasteiger partial charge in [-0.1, -0.05) is 26.0 Å². The molecule has 7 heteroatoms. The van der Waals surface area contributed by atoms with E-state index in [2.05, 4.69) is 35.1 Å². The second-order valence-electron chi connectivity index (χ2n) is 8.63. The van der Waals surface area contributed by atoms with Crippen LogP contribution in [0.1, 0.15) is 56.6 Å². The van der Waals surface area contributed by atoms with Gasteiger partial charge >= 0.3 is 0 Å². The lowest BCUT2D eigenvalue weighted by Gasteiger charge is -2.33. The Kier molecular flexibility index (Phi) is 7.06. The number of hydrogen-bond acceptors (Lipinski definition) is 6. The molecule has 1 aliphatic rings. The molecule has 3 heterocycles. The molecule has 1 aliphatic heterocycles. The lowest BCUT2D eigenvalue weighted by atomic mass is 9.95. The van der Waals surface area contributed by atoms with E-state index >= 15 is 0 Å². The first-order chi connectivity index (χ1) is 16.0. The number of carbonyl (C=O) groups excluding carboxylic acids is 1. The van der Waals surface area contributed by atoms with Gasteiger partial charge < -0.3 is 15.0 Å². The molecule has 174 valence electrons. The largest absolute Gasteiger partial charge is 0.497 e. The molecule has 1 amide bonds. The van der Waals surface area contributed by atoms with E-state index in [0.717, 1.165) is 72.7 Å². The van der Waals surface area contributed by atoms with Crippen molar-refractivity contribution in [1.29, 1.82) is 0 Å². The van der Waals surface area contributed by atoms with Crippen molar-refractivity contribution in [2.75, 3.05) is 25.1 Å². The average molecular weight is 448 g/mol. The maximum absolute atomic E-state index is 12.9. The first-order valence-corrected chi connectivity index (χ1v) is 11.9. The number of nitrogens with zero attached hydrogens (tertiary/aromatic N) is 4. The van der Waals surface area contributed by atoms with Crippen LogP contribution in [0.25, 0.3) is 11.2 Å². The van der Waals surface area contributed by atoms with Gasteiger partial charge in [0.1, 0.15) is 11.3 Å². The van der Waals surface area contributed by atoms with E-state index in [1.54, 1.807) is 7.11 Å². The molecule has 0 radical (unpaired) electrons. The number of aromatic nitrogens is 3. The maximum Gasteiger partial charge on any atom is 0.223 e. The quantitative estimate of drug-likeness (QED) is 0.583. The monoisotopic (exact) mass is 447 g/mol. The second-order valence-corrected chi connectivity index (χ2v) is 8.63. The van der Waals surface area contributed by atoms with Gasteiger partial charge in [0.15, 0.2) is 5.65 Å². The Bertz CT molecular complexity index is 1110. The number of benzene rings is 1. The predicted molar refractivity (Wildman–Crippen MR) is 131 cm³/mol. The average Bonchev–Trinajstić information content (AvgIpc) is 2.87. The first kappa shape index (κ1) is 23.0. The second kappa shape index (κ2) is 10.1. The van der Waals surface area contributed by atoms with Gasteiger partial charge in [-0.05, 0) is 56.4 Å². The van der Waals surface area contributed by atoms with Gasteiger partial charge in [0.2, 0.25) is 5.91 Å². The molecular formula is C26H33N5O2. The van der Waals surface area contributed by atoms with Crippen LogP contribution in [0.15, 0.2) is 36.5 Å². The molecule has 4 rings (SSSR count). The Hall–Kier alpha value is -3.22. The van der Waals surface area contributed by atoms with Gasteiger partial charge in [0, 0.05) is 19.0 Å². The van der Waals surface area contributed by atoms with Crippen molar-refractivity contribution in [1.82, 2.24) is 20.3 Å². The third-order valence-corrected chi connectivity index (χ3v) is 6.54. The van der Waals surface area contributed by atoms with Gasteiger partial charge in [0.25, 0.3) is 0 Å². The summed E-state index contributed by atoms with van der Waals surface area (Å²) in [6.07, 6.45) is 5.25. The lowest BCUT2D eigenvalue weighted by molar-refractivity contribution is -0.126. The van der Waals surface area contributed by atoms with Crippen molar-refractivity contribution in [3.63, 3.8) is 0 Å². The van der Waals surface area contributed by atoms with Crippen LogP contribution in [0.3, 0.4) is 0 Å². The number of methoxy groups -OCH3 is 1. The molecule has 0 unspecified atom stereocenters. The van der Waals surface area contributed by atoms with E-state index in [1.807, 2.05) is 37.4 Å². The lowest BCUT2D eigenvalue weighted by Crippen LogP contribution is -2.41. The van der Waals surface area contributed by atoms with Gasteiger partial charge in [-0.3, -0.25) is 4.79 Å². The molecule has 1 fully saturated rings. The fourth-order valence-corrected chi connectivity index (χ4v) is 4.45. The van der Waals surface area contributed by atoms with Crippen LogP contribution in [0.4, 0.5) is 5.69 Å². The van der Waals surface area contributed by atoms with E-state index in [-0.39, 0.29) is 17.9 Å². The summed E-state index contributed by atoms with van der Waals surface area (Å²) in [6.45, 7) is 7.87. The molecule has 1 aromatic carbocycles. The molecule has 2 aromatic heterocycles. The molecule has 7 nitrogen and oxygen atoms in total. The SMILES string of the molecule is CCc1nc2cc(N3CCC(C(=O)N[C@@H](C)c4ccc(OC)cc4)CC3)cnc2nc1CC. The molecular weight excluding hydrogens is 414 g/mol. The molecule has 0 aliphatic carbocycles. The molecule has 1 atom stereocenters. The minimum Gasteiger partial charge on any atom is -0.497 e. The van der Waals surface area contributed by atoms with E-state index < -0.39 is 0 Å². The smallest absolute Gasteiger partial charge is 0.223 e. The topological polar surface area (TPSA) is 80.2 Å². The highest BCUT2D eigenvalue weighted by atomic mass is 16.5. The predicted octanol–water partition coefficient (Wildman–Crippen LogP) is 4.25. The molecule has 1 N–H and O–H groups in total. The van der Waals surface area contributed by atoms with Crippen LogP contribution in [0, 0.1) is 5.92 Å². The Morgan fingerprint density at radius 1 is 1.12 bits per heavy atom. The number of anilines is 1. The number of piperidine rings is 1. The Balaban J connectivity index is 1.37. The summed E-state index contributed by atoms with van der Waals surface area (Å²) in [5.74, 6) is 0.963. The highest BCUT2D eigenvalue weighted by molar-refractivity contribution is 5.80. The van der Waals surface area contributed by atoms with Gasteiger partial charge in [-0.2, -0.15) is 0 Å². The number of amides is 1. The van der Waals surface area contributed by atoms with Gasteiger partial charge in [0.05, 0.1) is 36.4 Å². The van der Waals surface area contributed by atoms with Crippen LogP contribution >= 0.6 is 0 Å². The molecule has 1 saturated heterocycles. The first-order valence-electron chi connectivity index (χ1n) is 11.9. The molecule has 33 heavy (non-hydrogen) atoms. The zero-order valence-corrected chi connectivity index (χ0v) is 20.0. The van der Waals surface area contributed by atoms with Crippen LogP contribution in [0.5, 0.6) is 5.75 Å². The third-order valence-electron chi connectivity index (χ3n) is 6.54. The molecule has 3 aromatic rings. The van der Waals surface area contributed by atoms with E-state index in [4.69, 9.17) is 14.7 Å². The van der Waals surface area contributed by atoms with Gasteiger partial charge in [-0.25, -0.2) is 15.0 Å². The summed E-state index contributed by atoms with van der Waals surface area (Å²) < 4.78 is 5.21. The standard InChI is InChI=1S/C26H33N5O2/c1-5-22-23(6-2)30-25-24(29-22)15-20(16-27-25)31-13-11-19(12-14-31)26(32)28-17(3)18-7-9-21(33-4)10-8-18/h7-10,15-17,19H,5-6,11-14H2,1-4H3,(H,28,32)/t17-/m0/s1. The minimum absolute atomic E-state index is 0.0222. The summed E-state index contributed by atoms with van der Waals surface area (Å²) in [7, 11) is 1.65. The van der Waals surface area contributed by atoms with Crippen molar-refractivity contribution in [3.05, 3.63) is 53.5 Å². The van der Waals surface area contributed by atoms with Crippen molar-refractivity contribution >= 4 is 22.8 Å². The fraction of sp³-hybridized carbons (Fsp3) is 0.462. The summed E-state index contributed by atoms with van der Waals surface area (Å²) >= 11 is 0. The highest BCUT2D eigenvalue weighted by Crippen LogP contribution is 2.26. The maximum atomic E-state index is 12.9. The number of hydrogen-bond donors (Lipinski definition) is 1. The van der Waals surface area contributed by atoms with Crippen molar-refractivity contribution < 1.29 is 9.53 Å². The van der Waals surface area contributed by atoms with Crippen LogP contribution < -0.4 is 15.0 Å². The summed E-state index contributed by atoms with van der Waals surface area (Å²) in [6, 6.07) is 9.88.